The molecule has 17 heavy (non-hydrogen) atoms. The summed E-state index contributed by atoms with van der Waals surface area (Å²) in [5.74, 6) is 1.27. The fourth-order valence-electron chi connectivity index (χ4n) is 1.54. The van der Waals surface area contributed by atoms with Crippen molar-refractivity contribution in [2.24, 2.45) is 0 Å². The van der Waals surface area contributed by atoms with Gasteiger partial charge >= 0.3 is 0 Å². The van der Waals surface area contributed by atoms with E-state index in [1.54, 1.807) is 26.7 Å². The van der Waals surface area contributed by atoms with Crippen LogP contribution in [0.3, 0.4) is 0 Å². The number of hydrogen-bond acceptors (Lipinski definition) is 5. The third kappa shape index (κ3) is 2.42. The zero-order valence-electron chi connectivity index (χ0n) is 9.83. The van der Waals surface area contributed by atoms with Crippen LogP contribution in [0.2, 0.25) is 0 Å². The number of methoxy groups -OCH3 is 2. The van der Waals surface area contributed by atoms with E-state index in [4.69, 9.17) is 9.47 Å². The number of rotatable bonds is 5. The lowest BCUT2D eigenvalue weighted by atomic mass is 10.2. The standard InChI is InChI=1S/C11H14N4O2/c1-16-7-6-15-8-13-14-10(15)9-4-3-5-12-11(9)17-2/h3-5,8H,6-7H2,1-2H3. The van der Waals surface area contributed by atoms with Gasteiger partial charge in [-0.3, -0.25) is 0 Å². The summed E-state index contributed by atoms with van der Waals surface area (Å²) in [5, 5.41) is 7.99. The molecule has 0 aromatic carbocycles. The van der Waals surface area contributed by atoms with Crippen molar-refractivity contribution in [2.45, 2.75) is 6.54 Å². The Bertz CT molecular complexity index is 484. The minimum atomic E-state index is 0.541. The van der Waals surface area contributed by atoms with Crippen molar-refractivity contribution in [1.82, 2.24) is 19.7 Å². The van der Waals surface area contributed by atoms with Crippen LogP contribution in [-0.4, -0.2) is 40.6 Å². The van der Waals surface area contributed by atoms with Crippen molar-refractivity contribution in [2.75, 3.05) is 20.8 Å². The lowest BCUT2D eigenvalue weighted by molar-refractivity contribution is 0.187. The first-order valence-corrected chi connectivity index (χ1v) is 5.23. The molecule has 0 spiro atoms. The van der Waals surface area contributed by atoms with Gasteiger partial charge in [-0.1, -0.05) is 0 Å². The van der Waals surface area contributed by atoms with E-state index in [1.807, 2.05) is 16.7 Å². The minimum Gasteiger partial charge on any atom is -0.480 e. The molecule has 0 unspecified atom stereocenters. The Balaban J connectivity index is 2.35. The third-order valence-corrected chi connectivity index (χ3v) is 2.36. The lowest BCUT2D eigenvalue weighted by Crippen LogP contribution is -2.05. The van der Waals surface area contributed by atoms with Gasteiger partial charge in [-0.15, -0.1) is 10.2 Å². The molecule has 6 nitrogen and oxygen atoms in total. The van der Waals surface area contributed by atoms with Gasteiger partial charge in [-0.2, -0.15) is 0 Å². The molecule has 2 aromatic rings. The van der Waals surface area contributed by atoms with Gasteiger partial charge in [-0.25, -0.2) is 4.98 Å². The van der Waals surface area contributed by atoms with Gasteiger partial charge in [0.25, 0.3) is 0 Å². The Kier molecular flexibility index (Phi) is 3.66. The molecule has 0 aliphatic heterocycles. The van der Waals surface area contributed by atoms with Crippen molar-refractivity contribution in [3.8, 4) is 17.3 Å². The molecule has 2 rings (SSSR count). The molecule has 2 heterocycles. The van der Waals surface area contributed by atoms with Crippen LogP contribution in [-0.2, 0) is 11.3 Å². The van der Waals surface area contributed by atoms with Gasteiger partial charge in [0.2, 0.25) is 5.88 Å². The van der Waals surface area contributed by atoms with E-state index in [0.29, 0.717) is 19.0 Å². The predicted molar refractivity (Wildman–Crippen MR) is 61.7 cm³/mol. The Morgan fingerprint density at radius 1 is 1.35 bits per heavy atom. The highest BCUT2D eigenvalue weighted by Crippen LogP contribution is 2.25. The van der Waals surface area contributed by atoms with E-state index in [2.05, 4.69) is 15.2 Å². The molecule has 0 atom stereocenters. The number of ether oxygens (including phenoxy) is 2. The summed E-state index contributed by atoms with van der Waals surface area (Å²) in [6.45, 7) is 1.30. The van der Waals surface area contributed by atoms with E-state index in [-0.39, 0.29) is 0 Å². The largest absolute Gasteiger partial charge is 0.480 e. The molecule has 0 aliphatic rings. The Morgan fingerprint density at radius 3 is 3.00 bits per heavy atom. The van der Waals surface area contributed by atoms with Crippen molar-refractivity contribution in [3.05, 3.63) is 24.7 Å². The maximum atomic E-state index is 5.21. The van der Waals surface area contributed by atoms with Crippen LogP contribution in [0.4, 0.5) is 0 Å². The first kappa shape index (κ1) is 11.5. The maximum absolute atomic E-state index is 5.21. The molecule has 0 radical (unpaired) electrons. The van der Waals surface area contributed by atoms with Gasteiger partial charge in [0.15, 0.2) is 5.82 Å². The number of hydrogen-bond donors (Lipinski definition) is 0. The quantitative estimate of drug-likeness (QED) is 0.772. The van der Waals surface area contributed by atoms with E-state index >= 15 is 0 Å². The van der Waals surface area contributed by atoms with E-state index in [1.165, 1.54) is 0 Å². The number of aromatic nitrogens is 4. The molecule has 0 N–H and O–H groups in total. The second kappa shape index (κ2) is 5.40. The Labute approximate surface area is 99.2 Å². The predicted octanol–water partition coefficient (Wildman–Crippen LogP) is 0.995. The average Bonchev–Trinajstić information content (AvgIpc) is 2.84. The van der Waals surface area contributed by atoms with Crippen LogP contribution in [0, 0.1) is 0 Å². The SMILES string of the molecule is COCCn1cnnc1-c1cccnc1OC. The van der Waals surface area contributed by atoms with Crippen LogP contribution in [0.1, 0.15) is 0 Å². The van der Waals surface area contributed by atoms with Gasteiger partial charge in [0.1, 0.15) is 6.33 Å². The fraction of sp³-hybridized carbons (Fsp3) is 0.364. The van der Waals surface area contributed by atoms with Crippen LogP contribution in [0.5, 0.6) is 5.88 Å². The smallest absolute Gasteiger partial charge is 0.224 e. The highest BCUT2D eigenvalue weighted by molar-refractivity contribution is 5.61. The molecule has 0 saturated heterocycles. The van der Waals surface area contributed by atoms with E-state index in [0.717, 1.165) is 11.4 Å². The summed E-state index contributed by atoms with van der Waals surface area (Å²) in [6.07, 6.45) is 3.35. The van der Waals surface area contributed by atoms with Crippen LogP contribution < -0.4 is 4.74 Å². The molecule has 0 bridgehead atoms. The molecule has 90 valence electrons. The third-order valence-electron chi connectivity index (χ3n) is 2.36. The second-order valence-electron chi connectivity index (χ2n) is 3.40. The summed E-state index contributed by atoms with van der Waals surface area (Å²) >= 11 is 0. The highest BCUT2D eigenvalue weighted by atomic mass is 16.5. The van der Waals surface area contributed by atoms with Gasteiger partial charge in [0.05, 0.1) is 19.3 Å². The highest BCUT2D eigenvalue weighted by Gasteiger charge is 2.12. The van der Waals surface area contributed by atoms with Crippen LogP contribution in [0.15, 0.2) is 24.7 Å². The van der Waals surface area contributed by atoms with Crippen molar-refractivity contribution in [1.29, 1.82) is 0 Å². The van der Waals surface area contributed by atoms with Crippen molar-refractivity contribution < 1.29 is 9.47 Å². The van der Waals surface area contributed by atoms with Gasteiger partial charge in [-0.05, 0) is 12.1 Å². The number of pyridine rings is 1. The summed E-state index contributed by atoms with van der Waals surface area (Å²) in [4.78, 5) is 4.14. The minimum absolute atomic E-state index is 0.541. The van der Waals surface area contributed by atoms with Crippen LogP contribution >= 0.6 is 0 Å². The first-order valence-electron chi connectivity index (χ1n) is 5.23. The molecule has 2 aromatic heterocycles. The summed E-state index contributed by atoms with van der Waals surface area (Å²) in [5.41, 5.74) is 0.823. The molecule has 0 aliphatic carbocycles. The van der Waals surface area contributed by atoms with Crippen molar-refractivity contribution >= 4 is 0 Å². The number of nitrogens with zero attached hydrogens (tertiary/aromatic N) is 4. The summed E-state index contributed by atoms with van der Waals surface area (Å²) in [7, 11) is 3.25. The molecular formula is C11H14N4O2. The molecule has 0 fully saturated rings. The monoisotopic (exact) mass is 234 g/mol. The normalized spacial score (nSPS) is 10.5. The Hall–Kier alpha value is -1.95. The summed E-state index contributed by atoms with van der Waals surface area (Å²) < 4.78 is 12.2. The van der Waals surface area contributed by atoms with Crippen LogP contribution in [0.25, 0.3) is 11.4 Å². The Morgan fingerprint density at radius 2 is 2.24 bits per heavy atom. The summed E-state index contributed by atoms with van der Waals surface area (Å²) in [6, 6.07) is 3.74. The molecule has 6 heteroatoms. The molecular weight excluding hydrogens is 220 g/mol. The van der Waals surface area contributed by atoms with Gasteiger partial charge < -0.3 is 14.0 Å². The van der Waals surface area contributed by atoms with E-state index < -0.39 is 0 Å². The molecule has 0 saturated carbocycles. The topological polar surface area (TPSA) is 62.1 Å². The lowest BCUT2D eigenvalue weighted by Gasteiger charge is -2.08. The fourth-order valence-corrected chi connectivity index (χ4v) is 1.54. The van der Waals surface area contributed by atoms with Gasteiger partial charge in [0, 0.05) is 19.9 Å². The second-order valence-corrected chi connectivity index (χ2v) is 3.40. The van der Waals surface area contributed by atoms with E-state index in [9.17, 15) is 0 Å². The molecule has 0 amide bonds. The first-order chi connectivity index (χ1) is 8.36. The zero-order valence-corrected chi connectivity index (χ0v) is 9.83. The van der Waals surface area contributed by atoms with Crippen molar-refractivity contribution in [3.63, 3.8) is 0 Å². The average molecular weight is 234 g/mol. The maximum Gasteiger partial charge on any atom is 0.224 e. The zero-order chi connectivity index (χ0) is 12.1.